The molecule has 2 aromatic rings. The third-order valence-corrected chi connectivity index (χ3v) is 3.11. The first-order chi connectivity index (χ1) is 9.69. The van der Waals surface area contributed by atoms with Gasteiger partial charge in [0.15, 0.2) is 0 Å². The van der Waals surface area contributed by atoms with Crippen LogP contribution in [0.15, 0.2) is 24.7 Å². The van der Waals surface area contributed by atoms with Crippen molar-refractivity contribution in [3.63, 3.8) is 0 Å². The molecule has 20 heavy (non-hydrogen) atoms. The molecule has 0 fully saturated rings. The van der Waals surface area contributed by atoms with E-state index in [0.717, 1.165) is 32.6 Å². The molecule has 0 aromatic carbocycles. The fraction of sp³-hybridized carbons (Fsp3) is 0.600. The molecule has 0 spiro atoms. The highest BCUT2D eigenvalue weighted by Gasteiger charge is 2.03. The van der Waals surface area contributed by atoms with Gasteiger partial charge in [-0.05, 0) is 18.4 Å². The van der Waals surface area contributed by atoms with Gasteiger partial charge in [-0.3, -0.25) is 9.36 Å². The molecule has 0 aliphatic carbocycles. The van der Waals surface area contributed by atoms with Crippen molar-refractivity contribution in [1.82, 2.24) is 24.9 Å². The molecule has 5 heteroatoms. The Morgan fingerprint density at radius 1 is 1.25 bits per heavy atom. The summed E-state index contributed by atoms with van der Waals surface area (Å²) < 4.78 is 4.08. The zero-order valence-corrected chi connectivity index (χ0v) is 12.7. The average molecular weight is 275 g/mol. The summed E-state index contributed by atoms with van der Waals surface area (Å²) in [5.74, 6) is 0.624. The van der Waals surface area contributed by atoms with Crippen LogP contribution in [0, 0.1) is 5.92 Å². The lowest BCUT2D eigenvalue weighted by Crippen LogP contribution is -2.16. The maximum Gasteiger partial charge on any atom is 0.0534 e. The van der Waals surface area contributed by atoms with E-state index in [4.69, 9.17) is 0 Å². The van der Waals surface area contributed by atoms with Crippen LogP contribution in [0.5, 0.6) is 0 Å². The molecule has 5 nitrogen and oxygen atoms in total. The van der Waals surface area contributed by atoms with Gasteiger partial charge in [-0.25, -0.2) is 0 Å². The van der Waals surface area contributed by atoms with Crippen molar-refractivity contribution < 1.29 is 0 Å². The molecular weight excluding hydrogens is 250 g/mol. The summed E-state index contributed by atoms with van der Waals surface area (Å²) in [5.41, 5.74) is 2.47. The van der Waals surface area contributed by atoms with E-state index >= 15 is 0 Å². The number of rotatable bonds is 8. The van der Waals surface area contributed by atoms with E-state index in [1.807, 2.05) is 17.1 Å². The molecule has 0 radical (unpaired) electrons. The number of nitrogens with zero attached hydrogens (tertiary/aromatic N) is 4. The molecule has 0 atom stereocenters. The van der Waals surface area contributed by atoms with Crippen LogP contribution in [0.3, 0.4) is 0 Å². The predicted molar refractivity (Wildman–Crippen MR) is 80.1 cm³/mol. The monoisotopic (exact) mass is 275 g/mol. The maximum atomic E-state index is 4.38. The summed E-state index contributed by atoms with van der Waals surface area (Å²) in [6, 6.07) is 2.07. The highest BCUT2D eigenvalue weighted by atomic mass is 15.3. The fourth-order valence-electron chi connectivity index (χ4n) is 2.23. The van der Waals surface area contributed by atoms with E-state index in [0.29, 0.717) is 5.92 Å². The molecule has 0 bridgehead atoms. The Hall–Kier alpha value is -1.62. The zero-order chi connectivity index (χ0) is 14.4. The van der Waals surface area contributed by atoms with E-state index in [1.165, 1.54) is 11.3 Å². The minimum atomic E-state index is 0.624. The summed E-state index contributed by atoms with van der Waals surface area (Å²) in [6.45, 7) is 10.2. The van der Waals surface area contributed by atoms with Crippen molar-refractivity contribution in [2.45, 2.75) is 53.4 Å². The molecule has 2 rings (SSSR count). The van der Waals surface area contributed by atoms with Crippen LogP contribution in [-0.2, 0) is 26.2 Å². The Kier molecular flexibility index (Phi) is 5.35. The lowest BCUT2D eigenvalue weighted by Gasteiger charge is -2.07. The highest BCUT2D eigenvalue weighted by Crippen LogP contribution is 2.04. The molecule has 0 aliphatic rings. The Morgan fingerprint density at radius 3 is 2.85 bits per heavy atom. The molecule has 110 valence electrons. The molecule has 2 heterocycles. The number of nitrogens with one attached hydrogen (secondary N) is 1. The van der Waals surface area contributed by atoms with Gasteiger partial charge in [-0.15, -0.1) is 0 Å². The Bertz CT molecular complexity index is 512. The van der Waals surface area contributed by atoms with Crippen LogP contribution < -0.4 is 5.32 Å². The number of hydrogen-bond donors (Lipinski definition) is 1. The minimum absolute atomic E-state index is 0.624. The van der Waals surface area contributed by atoms with E-state index in [-0.39, 0.29) is 0 Å². The standard InChI is InChI=1S/C15H25N5/c1-4-7-20-15(5-6-17-20)10-16-8-14-9-18-19(12-14)11-13(2)3/h5-6,9,12-13,16H,4,7-8,10-11H2,1-3H3. The van der Waals surface area contributed by atoms with Crippen LogP contribution in [0.4, 0.5) is 0 Å². The van der Waals surface area contributed by atoms with Crippen LogP contribution in [0.1, 0.15) is 38.4 Å². The van der Waals surface area contributed by atoms with E-state index in [9.17, 15) is 0 Å². The van der Waals surface area contributed by atoms with Crippen LogP contribution in [-0.4, -0.2) is 19.6 Å². The molecule has 2 aromatic heterocycles. The third-order valence-electron chi connectivity index (χ3n) is 3.11. The lowest BCUT2D eigenvalue weighted by molar-refractivity contribution is 0.482. The summed E-state index contributed by atoms with van der Waals surface area (Å²) >= 11 is 0. The SMILES string of the molecule is CCCn1nccc1CNCc1cnn(CC(C)C)c1. The summed E-state index contributed by atoms with van der Waals surface area (Å²) in [6.07, 6.45) is 7.04. The van der Waals surface area contributed by atoms with Gasteiger partial charge >= 0.3 is 0 Å². The first-order valence-corrected chi connectivity index (χ1v) is 7.41. The summed E-state index contributed by atoms with van der Waals surface area (Å²) in [4.78, 5) is 0. The van der Waals surface area contributed by atoms with Gasteiger partial charge in [0.25, 0.3) is 0 Å². The van der Waals surface area contributed by atoms with Crippen molar-refractivity contribution in [2.75, 3.05) is 0 Å². The predicted octanol–water partition coefficient (Wildman–Crippen LogP) is 2.44. The summed E-state index contributed by atoms with van der Waals surface area (Å²) in [5, 5.41) is 12.2. The molecule has 0 saturated heterocycles. The van der Waals surface area contributed by atoms with Crippen molar-refractivity contribution >= 4 is 0 Å². The van der Waals surface area contributed by atoms with Crippen molar-refractivity contribution in [2.24, 2.45) is 5.92 Å². The van der Waals surface area contributed by atoms with Gasteiger partial charge in [-0.1, -0.05) is 20.8 Å². The van der Waals surface area contributed by atoms with Crippen molar-refractivity contribution in [3.05, 3.63) is 35.9 Å². The van der Waals surface area contributed by atoms with Crippen LogP contribution in [0.2, 0.25) is 0 Å². The number of aromatic nitrogens is 4. The van der Waals surface area contributed by atoms with E-state index < -0.39 is 0 Å². The maximum absolute atomic E-state index is 4.38. The van der Waals surface area contributed by atoms with Gasteiger partial charge in [0.05, 0.1) is 11.9 Å². The second-order valence-corrected chi connectivity index (χ2v) is 5.61. The molecule has 0 saturated carbocycles. The van der Waals surface area contributed by atoms with Crippen molar-refractivity contribution in [1.29, 1.82) is 0 Å². The molecule has 1 N–H and O–H groups in total. The molecule has 0 amide bonds. The van der Waals surface area contributed by atoms with Gasteiger partial charge in [-0.2, -0.15) is 10.2 Å². The topological polar surface area (TPSA) is 47.7 Å². The van der Waals surface area contributed by atoms with Gasteiger partial charge < -0.3 is 5.32 Å². The largest absolute Gasteiger partial charge is 0.307 e. The van der Waals surface area contributed by atoms with E-state index in [1.54, 1.807) is 0 Å². The second-order valence-electron chi connectivity index (χ2n) is 5.61. The smallest absolute Gasteiger partial charge is 0.0534 e. The van der Waals surface area contributed by atoms with E-state index in [2.05, 4.69) is 53.2 Å². The Balaban J connectivity index is 1.80. The van der Waals surface area contributed by atoms with Gasteiger partial charge in [0, 0.05) is 44.1 Å². The fourth-order valence-corrected chi connectivity index (χ4v) is 2.23. The average Bonchev–Trinajstić information content (AvgIpc) is 3.00. The van der Waals surface area contributed by atoms with Crippen molar-refractivity contribution in [3.8, 4) is 0 Å². The molecular formula is C15H25N5. The Labute approximate surface area is 121 Å². The number of hydrogen-bond acceptors (Lipinski definition) is 3. The van der Waals surface area contributed by atoms with Gasteiger partial charge in [0.1, 0.15) is 0 Å². The van der Waals surface area contributed by atoms with Crippen LogP contribution in [0.25, 0.3) is 0 Å². The molecule has 0 unspecified atom stereocenters. The third kappa shape index (κ3) is 4.20. The first kappa shape index (κ1) is 14.8. The van der Waals surface area contributed by atoms with Crippen LogP contribution >= 0.6 is 0 Å². The zero-order valence-electron chi connectivity index (χ0n) is 12.7. The second kappa shape index (κ2) is 7.24. The van der Waals surface area contributed by atoms with Gasteiger partial charge in [0.2, 0.25) is 0 Å². The normalized spacial score (nSPS) is 11.4. The number of aryl methyl sites for hydroxylation is 1. The Morgan fingerprint density at radius 2 is 2.10 bits per heavy atom. The lowest BCUT2D eigenvalue weighted by atomic mass is 10.2. The first-order valence-electron chi connectivity index (χ1n) is 7.41. The quantitative estimate of drug-likeness (QED) is 0.805. The highest BCUT2D eigenvalue weighted by molar-refractivity contribution is 5.05. The molecule has 0 aliphatic heterocycles. The minimum Gasteiger partial charge on any atom is -0.307 e. The summed E-state index contributed by atoms with van der Waals surface area (Å²) in [7, 11) is 0.